The molecule has 0 saturated carbocycles. The summed E-state index contributed by atoms with van der Waals surface area (Å²) >= 11 is 0. The number of aromatic nitrogens is 4. The molecule has 2 aromatic heterocycles. The Bertz CT molecular complexity index is 544. The van der Waals surface area contributed by atoms with Gasteiger partial charge in [0.05, 0.1) is 17.1 Å². The van der Waals surface area contributed by atoms with Gasteiger partial charge in [0, 0.05) is 31.5 Å². The molecule has 0 aliphatic carbocycles. The van der Waals surface area contributed by atoms with E-state index in [2.05, 4.69) is 27.3 Å². The predicted octanol–water partition coefficient (Wildman–Crippen LogP) is 2.00. The lowest BCUT2D eigenvalue weighted by Gasteiger charge is -2.08. The minimum atomic E-state index is 0.732. The van der Waals surface area contributed by atoms with Gasteiger partial charge < -0.3 is 5.32 Å². The number of rotatable bonds is 4. The Morgan fingerprint density at radius 3 is 2.83 bits per heavy atom. The molecule has 0 bridgehead atoms. The molecule has 0 aliphatic heterocycles. The highest BCUT2D eigenvalue weighted by molar-refractivity contribution is 5.40. The summed E-state index contributed by atoms with van der Waals surface area (Å²) in [6.07, 6.45) is 4.77. The first-order valence-electron chi connectivity index (χ1n) is 6.15. The Labute approximate surface area is 107 Å². The normalized spacial score (nSPS) is 10.7. The molecule has 5 heteroatoms. The van der Waals surface area contributed by atoms with E-state index in [4.69, 9.17) is 0 Å². The Morgan fingerprint density at radius 1 is 1.33 bits per heavy atom. The lowest BCUT2D eigenvalue weighted by atomic mass is 10.2. The summed E-state index contributed by atoms with van der Waals surface area (Å²) in [5.41, 5.74) is 4.18. The van der Waals surface area contributed by atoms with E-state index in [-0.39, 0.29) is 0 Å². The van der Waals surface area contributed by atoms with Gasteiger partial charge in [-0.2, -0.15) is 5.10 Å². The smallest absolute Gasteiger partial charge is 0.148 e. The fourth-order valence-corrected chi connectivity index (χ4v) is 1.91. The van der Waals surface area contributed by atoms with Gasteiger partial charge in [-0.25, -0.2) is 4.98 Å². The van der Waals surface area contributed by atoms with E-state index in [9.17, 15) is 0 Å². The van der Waals surface area contributed by atoms with Crippen LogP contribution in [0.4, 0.5) is 5.82 Å². The first kappa shape index (κ1) is 12.5. The zero-order valence-electron chi connectivity index (χ0n) is 11.4. The van der Waals surface area contributed by atoms with Gasteiger partial charge in [0.1, 0.15) is 5.82 Å². The standard InChI is InChI=1S/C13H19N5/c1-5-12-11(8-18(4)17-12)7-15-13-10(3)14-6-9(2)16-13/h6,8H,5,7H2,1-4H3,(H,15,16). The van der Waals surface area contributed by atoms with Crippen molar-refractivity contribution in [1.29, 1.82) is 0 Å². The number of aryl methyl sites for hydroxylation is 4. The Hall–Kier alpha value is -1.91. The van der Waals surface area contributed by atoms with Gasteiger partial charge in [0.2, 0.25) is 0 Å². The van der Waals surface area contributed by atoms with Crippen molar-refractivity contribution in [2.45, 2.75) is 33.7 Å². The maximum absolute atomic E-state index is 4.45. The second kappa shape index (κ2) is 5.16. The van der Waals surface area contributed by atoms with Crippen molar-refractivity contribution in [2.24, 2.45) is 7.05 Å². The molecule has 1 N–H and O–H groups in total. The molecule has 5 nitrogen and oxygen atoms in total. The van der Waals surface area contributed by atoms with Crippen LogP contribution in [-0.4, -0.2) is 19.7 Å². The maximum Gasteiger partial charge on any atom is 0.148 e. The van der Waals surface area contributed by atoms with Crippen LogP contribution in [0, 0.1) is 13.8 Å². The van der Waals surface area contributed by atoms with E-state index < -0.39 is 0 Å². The van der Waals surface area contributed by atoms with Crippen LogP contribution in [0.5, 0.6) is 0 Å². The molecule has 0 unspecified atom stereocenters. The fraction of sp³-hybridized carbons (Fsp3) is 0.462. The number of hydrogen-bond donors (Lipinski definition) is 1. The molecule has 0 saturated heterocycles. The van der Waals surface area contributed by atoms with Crippen molar-refractivity contribution in [3.63, 3.8) is 0 Å². The van der Waals surface area contributed by atoms with Gasteiger partial charge in [0.15, 0.2) is 0 Å². The predicted molar refractivity (Wildman–Crippen MR) is 71.4 cm³/mol. The Morgan fingerprint density at radius 2 is 2.11 bits per heavy atom. The molecule has 0 aromatic carbocycles. The van der Waals surface area contributed by atoms with Crippen LogP contribution >= 0.6 is 0 Å². The average molecular weight is 245 g/mol. The van der Waals surface area contributed by atoms with Gasteiger partial charge in [-0.15, -0.1) is 0 Å². The lowest BCUT2D eigenvalue weighted by molar-refractivity contribution is 0.746. The quantitative estimate of drug-likeness (QED) is 0.895. The minimum absolute atomic E-state index is 0.732. The van der Waals surface area contributed by atoms with Crippen molar-refractivity contribution in [1.82, 2.24) is 19.7 Å². The summed E-state index contributed by atoms with van der Waals surface area (Å²) in [5, 5.41) is 7.75. The SMILES string of the molecule is CCc1nn(C)cc1CNc1nc(C)cnc1C. The van der Waals surface area contributed by atoms with Crippen LogP contribution in [0.1, 0.15) is 29.6 Å². The zero-order chi connectivity index (χ0) is 13.1. The third-order valence-corrected chi connectivity index (χ3v) is 2.85. The highest BCUT2D eigenvalue weighted by Gasteiger charge is 2.07. The first-order chi connectivity index (χ1) is 8.60. The van der Waals surface area contributed by atoms with E-state index in [1.165, 1.54) is 5.56 Å². The molecule has 0 aliphatic rings. The van der Waals surface area contributed by atoms with Gasteiger partial charge in [-0.3, -0.25) is 9.67 Å². The highest BCUT2D eigenvalue weighted by atomic mass is 15.3. The van der Waals surface area contributed by atoms with E-state index in [0.29, 0.717) is 0 Å². The van der Waals surface area contributed by atoms with Crippen LogP contribution in [0.25, 0.3) is 0 Å². The van der Waals surface area contributed by atoms with Crippen LogP contribution in [0.15, 0.2) is 12.4 Å². The van der Waals surface area contributed by atoms with E-state index >= 15 is 0 Å². The third-order valence-electron chi connectivity index (χ3n) is 2.85. The number of nitrogens with one attached hydrogen (secondary N) is 1. The van der Waals surface area contributed by atoms with Crippen LogP contribution in [0.3, 0.4) is 0 Å². The van der Waals surface area contributed by atoms with Crippen molar-refractivity contribution in [2.75, 3.05) is 5.32 Å². The molecule has 96 valence electrons. The second-order valence-electron chi connectivity index (χ2n) is 4.43. The zero-order valence-corrected chi connectivity index (χ0v) is 11.4. The molecule has 0 atom stereocenters. The van der Waals surface area contributed by atoms with Crippen molar-refractivity contribution in [3.8, 4) is 0 Å². The van der Waals surface area contributed by atoms with Gasteiger partial charge in [-0.1, -0.05) is 6.92 Å². The number of hydrogen-bond acceptors (Lipinski definition) is 4. The second-order valence-corrected chi connectivity index (χ2v) is 4.43. The van der Waals surface area contributed by atoms with Crippen LogP contribution in [0.2, 0.25) is 0 Å². The number of nitrogens with zero attached hydrogens (tertiary/aromatic N) is 4. The summed E-state index contributed by atoms with van der Waals surface area (Å²) in [4.78, 5) is 8.74. The van der Waals surface area contributed by atoms with E-state index in [1.54, 1.807) is 6.20 Å². The molecule has 18 heavy (non-hydrogen) atoms. The lowest BCUT2D eigenvalue weighted by Crippen LogP contribution is -2.06. The van der Waals surface area contributed by atoms with Gasteiger partial charge >= 0.3 is 0 Å². The summed E-state index contributed by atoms with van der Waals surface area (Å²) in [6, 6.07) is 0. The Balaban J connectivity index is 2.13. The molecule has 2 heterocycles. The number of anilines is 1. The topological polar surface area (TPSA) is 55.6 Å². The van der Waals surface area contributed by atoms with Gasteiger partial charge in [0.25, 0.3) is 0 Å². The summed E-state index contributed by atoms with van der Waals surface area (Å²) in [7, 11) is 1.94. The van der Waals surface area contributed by atoms with Crippen LogP contribution < -0.4 is 5.32 Å². The maximum atomic E-state index is 4.45. The molecule has 0 spiro atoms. The van der Waals surface area contributed by atoms with Crippen molar-refractivity contribution < 1.29 is 0 Å². The Kier molecular flexibility index (Phi) is 3.60. The molecule has 0 amide bonds. The first-order valence-corrected chi connectivity index (χ1v) is 6.15. The third kappa shape index (κ3) is 2.67. The van der Waals surface area contributed by atoms with Crippen molar-refractivity contribution >= 4 is 5.82 Å². The molecule has 0 fully saturated rings. The molecular formula is C13H19N5. The summed E-state index contributed by atoms with van der Waals surface area (Å²) < 4.78 is 1.85. The van der Waals surface area contributed by atoms with E-state index in [0.717, 1.165) is 35.9 Å². The van der Waals surface area contributed by atoms with E-state index in [1.807, 2.05) is 31.8 Å². The monoisotopic (exact) mass is 245 g/mol. The highest BCUT2D eigenvalue weighted by Crippen LogP contribution is 2.13. The average Bonchev–Trinajstić information content (AvgIpc) is 2.71. The minimum Gasteiger partial charge on any atom is -0.364 e. The largest absolute Gasteiger partial charge is 0.364 e. The summed E-state index contributed by atoms with van der Waals surface area (Å²) in [5.74, 6) is 0.848. The molecular weight excluding hydrogens is 226 g/mol. The molecule has 2 aromatic rings. The van der Waals surface area contributed by atoms with Crippen molar-refractivity contribution in [3.05, 3.63) is 35.0 Å². The summed E-state index contributed by atoms with van der Waals surface area (Å²) in [6.45, 7) is 6.75. The molecule has 2 rings (SSSR count). The van der Waals surface area contributed by atoms with Crippen LogP contribution in [-0.2, 0) is 20.0 Å². The fourth-order valence-electron chi connectivity index (χ4n) is 1.91. The molecule has 0 radical (unpaired) electrons. The van der Waals surface area contributed by atoms with Gasteiger partial charge in [-0.05, 0) is 20.3 Å².